The third kappa shape index (κ3) is 11.3. The maximum absolute atomic E-state index is 12.1. The van der Waals surface area contributed by atoms with Gasteiger partial charge in [0.25, 0.3) is 0 Å². The first kappa shape index (κ1) is 27.9. The highest BCUT2D eigenvalue weighted by molar-refractivity contribution is 14.0. The van der Waals surface area contributed by atoms with Crippen molar-refractivity contribution in [2.75, 3.05) is 52.4 Å². The van der Waals surface area contributed by atoms with Crippen molar-refractivity contribution in [3.8, 4) is 0 Å². The number of nitrogens with one attached hydrogen (secondary N) is 2. The van der Waals surface area contributed by atoms with Crippen LogP contribution in [0.25, 0.3) is 0 Å². The van der Waals surface area contributed by atoms with Crippen LogP contribution in [0.1, 0.15) is 44.0 Å². The van der Waals surface area contributed by atoms with Crippen molar-refractivity contribution >= 4 is 47.4 Å². The minimum Gasteiger partial charge on any atom is -0.444 e. The SMILES string of the molecule is CCNC(=NCCCN1CCN(C(=O)OC(C)(C)C)CC1)NCCc1ncc(C)s1.I. The Morgan fingerprint density at radius 2 is 1.97 bits per heavy atom. The molecule has 1 aromatic heterocycles. The van der Waals surface area contributed by atoms with E-state index < -0.39 is 5.60 Å². The molecule has 1 aliphatic heterocycles. The molecule has 2 rings (SSSR count). The molecule has 1 amide bonds. The summed E-state index contributed by atoms with van der Waals surface area (Å²) in [6, 6.07) is 0. The fraction of sp³-hybridized carbons (Fsp3) is 0.762. The van der Waals surface area contributed by atoms with E-state index in [0.717, 1.165) is 76.2 Å². The number of nitrogens with zero attached hydrogens (tertiary/aromatic N) is 4. The summed E-state index contributed by atoms with van der Waals surface area (Å²) in [4.78, 5) is 26.7. The average Bonchev–Trinajstić information content (AvgIpc) is 3.09. The lowest BCUT2D eigenvalue weighted by molar-refractivity contribution is 0.0145. The predicted molar refractivity (Wildman–Crippen MR) is 139 cm³/mol. The molecule has 1 saturated heterocycles. The molecule has 178 valence electrons. The van der Waals surface area contributed by atoms with Crippen LogP contribution in [-0.4, -0.2) is 84.8 Å². The normalized spacial score (nSPS) is 15.4. The van der Waals surface area contributed by atoms with E-state index >= 15 is 0 Å². The number of halogens is 1. The number of hydrogen-bond donors (Lipinski definition) is 2. The number of amides is 1. The van der Waals surface area contributed by atoms with Gasteiger partial charge in [-0.1, -0.05) is 0 Å². The molecular weight excluding hydrogens is 527 g/mol. The lowest BCUT2D eigenvalue weighted by Gasteiger charge is -2.35. The zero-order valence-corrected chi connectivity index (χ0v) is 22.7. The third-order valence-corrected chi connectivity index (χ3v) is 5.54. The van der Waals surface area contributed by atoms with Gasteiger partial charge in [0.15, 0.2) is 5.96 Å². The Kier molecular flexibility index (Phi) is 12.7. The molecule has 0 atom stereocenters. The van der Waals surface area contributed by atoms with E-state index in [1.807, 2.05) is 27.0 Å². The second-order valence-electron chi connectivity index (χ2n) is 8.46. The van der Waals surface area contributed by atoms with Crippen molar-refractivity contribution in [2.24, 2.45) is 4.99 Å². The molecule has 0 radical (unpaired) electrons. The van der Waals surface area contributed by atoms with E-state index in [0.29, 0.717) is 0 Å². The van der Waals surface area contributed by atoms with Crippen molar-refractivity contribution in [3.05, 3.63) is 16.1 Å². The van der Waals surface area contributed by atoms with Crippen molar-refractivity contribution in [2.45, 2.75) is 53.1 Å². The number of aliphatic imine (C=N–C) groups is 1. The Labute approximate surface area is 208 Å². The van der Waals surface area contributed by atoms with E-state index in [4.69, 9.17) is 4.74 Å². The first-order valence-corrected chi connectivity index (χ1v) is 11.7. The summed E-state index contributed by atoms with van der Waals surface area (Å²) in [5.74, 6) is 0.862. The van der Waals surface area contributed by atoms with E-state index in [1.165, 1.54) is 4.88 Å². The second kappa shape index (κ2) is 14.1. The molecule has 0 unspecified atom stereocenters. The summed E-state index contributed by atoms with van der Waals surface area (Å²) < 4.78 is 5.46. The minimum atomic E-state index is -0.441. The summed E-state index contributed by atoms with van der Waals surface area (Å²) in [6.07, 6.45) is 3.62. The predicted octanol–water partition coefficient (Wildman–Crippen LogP) is 3.11. The number of guanidine groups is 1. The van der Waals surface area contributed by atoms with Crippen LogP contribution < -0.4 is 10.6 Å². The van der Waals surface area contributed by atoms with Crippen LogP contribution in [0.4, 0.5) is 4.79 Å². The zero-order valence-electron chi connectivity index (χ0n) is 19.6. The molecule has 0 aromatic carbocycles. The molecule has 10 heteroatoms. The molecule has 31 heavy (non-hydrogen) atoms. The van der Waals surface area contributed by atoms with Gasteiger partial charge < -0.3 is 20.3 Å². The first-order chi connectivity index (χ1) is 14.3. The maximum atomic E-state index is 12.1. The van der Waals surface area contributed by atoms with Crippen molar-refractivity contribution in [3.63, 3.8) is 0 Å². The lowest BCUT2D eigenvalue weighted by Crippen LogP contribution is -2.50. The number of hydrogen-bond acceptors (Lipinski definition) is 6. The molecule has 1 aliphatic rings. The van der Waals surface area contributed by atoms with Gasteiger partial charge in [-0.3, -0.25) is 9.89 Å². The van der Waals surface area contributed by atoms with Gasteiger partial charge in [0, 0.05) is 69.9 Å². The van der Waals surface area contributed by atoms with Gasteiger partial charge in [-0.25, -0.2) is 9.78 Å². The number of carbonyl (C=O) groups excluding carboxylic acids is 1. The Balaban J connectivity index is 0.00000480. The zero-order chi connectivity index (χ0) is 22.0. The summed E-state index contributed by atoms with van der Waals surface area (Å²) >= 11 is 1.75. The smallest absolute Gasteiger partial charge is 0.410 e. The van der Waals surface area contributed by atoms with E-state index in [1.54, 1.807) is 16.2 Å². The van der Waals surface area contributed by atoms with Gasteiger partial charge in [-0.05, 0) is 41.0 Å². The van der Waals surface area contributed by atoms with Crippen molar-refractivity contribution in [1.29, 1.82) is 0 Å². The summed E-state index contributed by atoms with van der Waals surface area (Å²) in [7, 11) is 0. The van der Waals surface area contributed by atoms with E-state index in [2.05, 4.69) is 39.4 Å². The number of aryl methyl sites for hydroxylation is 1. The minimum absolute atomic E-state index is 0. The van der Waals surface area contributed by atoms with Gasteiger partial charge in [0.1, 0.15) is 5.60 Å². The Hall–Kier alpha value is -1.14. The molecule has 2 heterocycles. The van der Waals surface area contributed by atoms with Crippen molar-refractivity contribution < 1.29 is 9.53 Å². The summed E-state index contributed by atoms with van der Waals surface area (Å²) in [5, 5.41) is 7.84. The number of thiazole rings is 1. The molecule has 0 aliphatic carbocycles. The molecule has 0 saturated carbocycles. The van der Waals surface area contributed by atoms with Gasteiger partial charge >= 0.3 is 6.09 Å². The van der Waals surface area contributed by atoms with Crippen LogP contribution in [0.15, 0.2) is 11.2 Å². The Morgan fingerprint density at radius 3 is 2.55 bits per heavy atom. The van der Waals surface area contributed by atoms with Crippen LogP contribution in [-0.2, 0) is 11.2 Å². The van der Waals surface area contributed by atoms with E-state index in [9.17, 15) is 4.79 Å². The van der Waals surface area contributed by atoms with Gasteiger partial charge in [0.05, 0.1) is 5.01 Å². The van der Waals surface area contributed by atoms with Crippen molar-refractivity contribution in [1.82, 2.24) is 25.4 Å². The highest BCUT2D eigenvalue weighted by Gasteiger charge is 2.25. The van der Waals surface area contributed by atoms with E-state index in [-0.39, 0.29) is 30.1 Å². The highest BCUT2D eigenvalue weighted by Crippen LogP contribution is 2.12. The van der Waals surface area contributed by atoms with Gasteiger partial charge in [-0.15, -0.1) is 35.3 Å². The topological polar surface area (TPSA) is 82.1 Å². The quantitative estimate of drug-likeness (QED) is 0.218. The third-order valence-electron chi connectivity index (χ3n) is 4.57. The number of carbonyl (C=O) groups is 1. The number of rotatable bonds is 8. The fourth-order valence-electron chi connectivity index (χ4n) is 3.11. The standard InChI is InChI=1S/C21H38N6O2S.HI/c1-6-22-19(24-10-8-18-25-16-17(2)30-18)23-9-7-11-26-12-14-27(15-13-26)20(28)29-21(3,4)5;/h16H,6-15H2,1-5H3,(H2,22,23,24);1H. The molecule has 2 N–H and O–H groups in total. The molecule has 1 fully saturated rings. The van der Waals surface area contributed by atoms with Crippen LogP contribution in [0.5, 0.6) is 0 Å². The Morgan fingerprint density at radius 1 is 1.26 bits per heavy atom. The molecule has 0 spiro atoms. The molecule has 0 bridgehead atoms. The number of ether oxygens (including phenoxy) is 1. The molecule has 1 aromatic rings. The largest absolute Gasteiger partial charge is 0.444 e. The monoisotopic (exact) mass is 566 g/mol. The summed E-state index contributed by atoms with van der Waals surface area (Å²) in [6.45, 7) is 16.5. The maximum Gasteiger partial charge on any atom is 0.410 e. The highest BCUT2D eigenvalue weighted by atomic mass is 127. The first-order valence-electron chi connectivity index (χ1n) is 10.9. The molecular formula is C21H39IN6O2S. The average molecular weight is 567 g/mol. The second-order valence-corrected chi connectivity index (χ2v) is 9.78. The summed E-state index contributed by atoms with van der Waals surface area (Å²) in [5.41, 5.74) is -0.441. The van der Waals surface area contributed by atoms with Crippen LogP contribution >= 0.6 is 35.3 Å². The number of aromatic nitrogens is 1. The van der Waals surface area contributed by atoms with Crippen LogP contribution in [0.3, 0.4) is 0 Å². The fourth-order valence-corrected chi connectivity index (χ4v) is 3.90. The Bertz CT molecular complexity index is 684. The molecule has 8 nitrogen and oxygen atoms in total. The van der Waals surface area contributed by atoms with Crippen LogP contribution in [0, 0.1) is 6.92 Å². The van der Waals surface area contributed by atoms with Crippen LogP contribution in [0.2, 0.25) is 0 Å². The van der Waals surface area contributed by atoms with Gasteiger partial charge in [0.2, 0.25) is 0 Å². The van der Waals surface area contributed by atoms with Gasteiger partial charge in [-0.2, -0.15) is 0 Å². The lowest BCUT2D eigenvalue weighted by atomic mass is 10.2. The number of piperazine rings is 1.